The maximum absolute atomic E-state index is 10.9. The molecule has 12 heavy (non-hydrogen) atoms. The van der Waals surface area contributed by atoms with Crippen LogP contribution in [0.25, 0.3) is 0 Å². The molecule has 0 aromatic heterocycles. The Morgan fingerprint density at radius 3 is 2.75 bits per heavy atom. The average Bonchev–Trinajstić information content (AvgIpc) is 2.01. The third-order valence-corrected chi connectivity index (χ3v) is 1.31. The largest absolute Gasteiger partial charge is 0.392 e. The first-order valence-electron chi connectivity index (χ1n) is 4.32. The van der Waals surface area contributed by atoms with Crippen molar-refractivity contribution >= 4 is 5.91 Å². The Morgan fingerprint density at radius 2 is 2.25 bits per heavy atom. The van der Waals surface area contributed by atoms with E-state index in [1.165, 1.54) is 0 Å². The van der Waals surface area contributed by atoms with Crippen molar-refractivity contribution < 1.29 is 9.90 Å². The van der Waals surface area contributed by atoms with Crippen molar-refractivity contribution in [2.75, 3.05) is 19.6 Å². The van der Waals surface area contributed by atoms with Crippen molar-refractivity contribution in [2.45, 2.75) is 26.4 Å². The van der Waals surface area contributed by atoms with Crippen molar-refractivity contribution in [1.82, 2.24) is 10.6 Å². The van der Waals surface area contributed by atoms with Gasteiger partial charge in [0.25, 0.3) is 0 Å². The van der Waals surface area contributed by atoms with Gasteiger partial charge >= 0.3 is 0 Å². The Kier molecular flexibility index (Phi) is 6.70. The molecule has 0 saturated heterocycles. The minimum atomic E-state index is -0.472. The highest BCUT2D eigenvalue weighted by Crippen LogP contribution is 1.75. The van der Waals surface area contributed by atoms with Crippen LogP contribution in [0.5, 0.6) is 0 Å². The van der Waals surface area contributed by atoms with Crippen LogP contribution in [-0.4, -0.2) is 36.8 Å². The highest BCUT2D eigenvalue weighted by Gasteiger charge is 2.00. The first-order valence-corrected chi connectivity index (χ1v) is 4.32. The number of amides is 1. The first kappa shape index (κ1) is 11.4. The first-order chi connectivity index (χ1) is 5.66. The average molecular weight is 174 g/mol. The van der Waals surface area contributed by atoms with E-state index in [2.05, 4.69) is 10.6 Å². The summed E-state index contributed by atoms with van der Waals surface area (Å²) < 4.78 is 0. The molecule has 1 amide bonds. The van der Waals surface area contributed by atoms with Gasteiger partial charge in [0.2, 0.25) is 5.91 Å². The van der Waals surface area contributed by atoms with Crippen molar-refractivity contribution in [1.29, 1.82) is 0 Å². The minimum Gasteiger partial charge on any atom is -0.392 e. The molecule has 0 spiro atoms. The predicted octanol–water partition coefficient (Wildman–Crippen LogP) is -0.517. The lowest BCUT2D eigenvalue weighted by atomic mass is 10.4. The Labute approximate surface area is 73.3 Å². The molecule has 72 valence electrons. The van der Waals surface area contributed by atoms with Crippen molar-refractivity contribution in [3.05, 3.63) is 0 Å². The number of rotatable bonds is 6. The molecule has 0 bridgehead atoms. The van der Waals surface area contributed by atoms with E-state index in [9.17, 15) is 4.79 Å². The van der Waals surface area contributed by atoms with Crippen LogP contribution in [0.3, 0.4) is 0 Å². The molecule has 1 atom stereocenters. The summed E-state index contributed by atoms with van der Waals surface area (Å²) in [7, 11) is 0. The highest BCUT2D eigenvalue weighted by molar-refractivity contribution is 5.77. The van der Waals surface area contributed by atoms with Gasteiger partial charge in [-0.3, -0.25) is 4.79 Å². The van der Waals surface area contributed by atoms with Crippen LogP contribution in [-0.2, 0) is 4.79 Å². The molecule has 0 rings (SSSR count). The van der Waals surface area contributed by atoms with Gasteiger partial charge in [0.15, 0.2) is 0 Å². The maximum Gasteiger partial charge on any atom is 0.234 e. The van der Waals surface area contributed by atoms with Gasteiger partial charge in [-0.05, 0) is 19.9 Å². The molecule has 4 nitrogen and oxygen atoms in total. The SMILES string of the molecule is CCCNCC(=O)NC[C@H](C)O. The zero-order valence-electron chi connectivity index (χ0n) is 7.76. The molecule has 0 aliphatic carbocycles. The second-order valence-electron chi connectivity index (χ2n) is 2.83. The maximum atomic E-state index is 10.9. The molecule has 0 heterocycles. The summed E-state index contributed by atoms with van der Waals surface area (Å²) in [5.74, 6) is -0.0654. The number of hydrogen-bond acceptors (Lipinski definition) is 3. The van der Waals surface area contributed by atoms with E-state index < -0.39 is 6.10 Å². The van der Waals surface area contributed by atoms with Gasteiger partial charge in [0.05, 0.1) is 12.6 Å². The van der Waals surface area contributed by atoms with Gasteiger partial charge < -0.3 is 15.7 Å². The van der Waals surface area contributed by atoms with Crippen LogP contribution in [0.4, 0.5) is 0 Å². The molecule has 0 aromatic rings. The molecule has 3 N–H and O–H groups in total. The van der Waals surface area contributed by atoms with E-state index in [0.717, 1.165) is 13.0 Å². The summed E-state index contributed by atoms with van der Waals surface area (Å²) in [6.45, 7) is 5.19. The molecule has 0 radical (unpaired) electrons. The summed E-state index contributed by atoms with van der Waals surface area (Å²) in [6.07, 6.45) is 0.545. The lowest BCUT2D eigenvalue weighted by molar-refractivity contribution is -0.120. The lowest BCUT2D eigenvalue weighted by Gasteiger charge is -2.07. The van der Waals surface area contributed by atoms with Crippen LogP contribution in [0.2, 0.25) is 0 Å². The standard InChI is InChI=1S/C8H18N2O2/c1-3-4-9-6-8(12)10-5-7(2)11/h7,9,11H,3-6H2,1-2H3,(H,10,12)/t7-/m0/s1. The summed E-state index contributed by atoms with van der Waals surface area (Å²) in [5.41, 5.74) is 0. The molecule has 0 fully saturated rings. The quantitative estimate of drug-likeness (QED) is 0.475. The van der Waals surface area contributed by atoms with Crippen molar-refractivity contribution in [2.24, 2.45) is 0 Å². The van der Waals surface area contributed by atoms with E-state index in [4.69, 9.17) is 5.11 Å². The zero-order chi connectivity index (χ0) is 9.40. The normalized spacial score (nSPS) is 12.6. The van der Waals surface area contributed by atoms with Crippen LogP contribution in [0, 0.1) is 0 Å². The molecule has 4 heteroatoms. The lowest BCUT2D eigenvalue weighted by Crippen LogP contribution is -2.37. The second-order valence-corrected chi connectivity index (χ2v) is 2.83. The van der Waals surface area contributed by atoms with Crippen LogP contribution in [0.1, 0.15) is 20.3 Å². The molecular weight excluding hydrogens is 156 g/mol. The smallest absolute Gasteiger partial charge is 0.234 e. The fourth-order valence-corrected chi connectivity index (χ4v) is 0.703. The fourth-order valence-electron chi connectivity index (χ4n) is 0.703. The molecule has 0 aromatic carbocycles. The molecule has 0 aliphatic rings. The van der Waals surface area contributed by atoms with E-state index in [1.54, 1.807) is 6.92 Å². The molecule has 0 saturated carbocycles. The summed E-state index contributed by atoms with van der Waals surface area (Å²) in [5, 5.41) is 14.4. The third kappa shape index (κ3) is 7.50. The van der Waals surface area contributed by atoms with Gasteiger partial charge in [-0.2, -0.15) is 0 Å². The van der Waals surface area contributed by atoms with E-state index in [1.807, 2.05) is 6.92 Å². The Balaban J connectivity index is 3.22. The fraction of sp³-hybridized carbons (Fsp3) is 0.875. The monoisotopic (exact) mass is 174 g/mol. The Morgan fingerprint density at radius 1 is 1.58 bits per heavy atom. The van der Waals surface area contributed by atoms with Gasteiger partial charge in [0.1, 0.15) is 0 Å². The third-order valence-electron chi connectivity index (χ3n) is 1.31. The van der Waals surface area contributed by atoms with Crippen molar-refractivity contribution in [3.63, 3.8) is 0 Å². The number of aliphatic hydroxyl groups excluding tert-OH is 1. The van der Waals surface area contributed by atoms with E-state index >= 15 is 0 Å². The number of aliphatic hydroxyl groups is 1. The Hall–Kier alpha value is -0.610. The summed E-state index contributed by atoms with van der Waals surface area (Å²) >= 11 is 0. The van der Waals surface area contributed by atoms with Crippen molar-refractivity contribution in [3.8, 4) is 0 Å². The number of carbonyl (C=O) groups is 1. The molecule has 0 unspecified atom stereocenters. The summed E-state index contributed by atoms with van der Waals surface area (Å²) in [4.78, 5) is 10.9. The van der Waals surface area contributed by atoms with Crippen LogP contribution >= 0.6 is 0 Å². The highest BCUT2D eigenvalue weighted by atomic mass is 16.3. The van der Waals surface area contributed by atoms with Gasteiger partial charge in [-0.15, -0.1) is 0 Å². The number of hydrogen-bond donors (Lipinski definition) is 3. The molecule has 0 aliphatic heterocycles. The zero-order valence-corrected chi connectivity index (χ0v) is 7.76. The van der Waals surface area contributed by atoms with Gasteiger partial charge in [0, 0.05) is 6.54 Å². The number of carbonyl (C=O) groups excluding carboxylic acids is 1. The van der Waals surface area contributed by atoms with Gasteiger partial charge in [-0.25, -0.2) is 0 Å². The van der Waals surface area contributed by atoms with Crippen LogP contribution in [0.15, 0.2) is 0 Å². The molecular formula is C8H18N2O2. The number of nitrogens with one attached hydrogen (secondary N) is 2. The Bertz CT molecular complexity index is 126. The predicted molar refractivity (Wildman–Crippen MR) is 47.9 cm³/mol. The van der Waals surface area contributed by atoms with E-state index in [-0.39, 0.29) is 5.91 Å². The topological polar surface area (TPSA) is 61.4 Å². The summed E-state index contributed by atoms with van der Waals surface area (Å²) in [6, 6.07) is 0. The minimum absolute atomic E-state index is 0.0654. The van der Waals surface area contributed by atoms with Gasteiger partial charge in [-0.1, -0.05) is 6.92 Å². The van der Waals surface area contributed by atoms with E-state index in [0.29, 0.717) is 13.1 Å². The van der Waals surface area contributed by atoms with Crippen LogP contribution < -0.4 is 10.6 Å². The second kappa shape index (κ2) is 7.06.